The first kappa shape index (κ1) is 24.1. The molecular weight excluding hydrogens is 384 g/mol. The molecular formula is C23H34N2O5. The van der Waals surface area contributed by atoms with Crippen LogP contribution < -0.4 is 10.8 Å². The van der Waals surface area contributed by atoms with E-state index in [4.69, 9.17) is 9.47 Å². The maximum Gasteiger partial charge on any atom is 0.247 e. The van der Waals surface area contributed by atoms with Gasteiger partial charge in [-0.15, -0.1) is 0 Å². The quantitative estimate of drug-likeness (QED) is 0.210. The highest BCUT2D eigenvalue weighted by Gasteiger charge is 2.26. The van der Waals surface area contributed by atoms with Crippen LogP contribution in [0.2, 0.25) is 0 Å². The molecule has 0 saturated carbocycles. The summed E-state index contributed by atoms with van der Waals surface area (Å²) in [4.78, 5) is 25.1. The van der Waals surface area contributed by atoms with E-state index < -0.39 is 11.8 Å². The minimum atomic E-state index is -0.515. The lowest BCUT2D eigenvalue weighted by Gasteiger charge is -2.25. The van der Waals surface area contributed by atoms with Gasteiger partial charge in [-0.25, -0.2) is 5.48 Å². The molecule has 0 bridgehead atoms. The van der Waals surface area contributed by atoms with Gasteiger partial charge >= 0.3 is 0 Å². The first-order chi connectivity index (χ1) is 14.5. The molecule has 2 rings (SSSR count). The lowest BCUT2D eigenvalue weighted by Crippen LogP contribution is -2.43. The summed E-state index contributed by atoms with van der Waals surface area (Å²) in [6.45, 7) is 4.93. The number of benzene rings is 1. The molecule has 30 heavy (non-hydrogen) atoms. The van der Waals surface area contributed by atoms with Gasteiger partial charge in [0.2, 0.25) is 11.8 Å². The standard InChI is InChI=1S/C23H34N2O5/c1-3-29-16-30-15-21(24-22(26)19-11-9-17(2)10-12-19)14-20(23(27)25-28)13-18-7-5-4-6-8-18/h4-8,11,17,20-21,28H,3,9-10,12-16H2,1-2H3,(H,24,26)(H,25,27)/t17-,20?,21?/m1/s1. The van der Waals surface area contributed by atoms with Crippen LogP contribution in [0.5, 0.6) is 0 Å². The first-order valence-electron chi connectivity index (χ1n) is 10.7. The molecule has 0 radical (unpaired) electrons. The van der Waals surface area contributed by atoms with Crippen LogP contribution in [-0.4, -0.2) is 43.1 Å². The van der Waals surface area contributed by atoms with Crippen LogP contribution in [0.3, 0.4) is 0 Å². The summed E-state index contributed by atoms with van der Waals surface area (Å²) in [5, 5.41) is 12.2. The molecule has 0 heterocycles. The van der Waals surface area contributed by atoms with E-state index in [1.807, 2.05) is 43.3 Å². The number of carbonyl (C=O) groups excluding carboxylic acids is 2. The molecule has 2 amide bonds. The molecule has 0 fully saturated rings. The molecule has 2 unspecified atom stereocenters. The monoisotopic (exact) mass is 418 g/mol. The molecule has 3 atom stereocenters. The van der Waals surface area contributed by atoms with Gasteiger partial charge in [-0.1, -0.05) is 43.3 Å². The zero-order valence-corrected chi connectivity index (χ0v) is 17.9. The van der Waals surface area contributed by atoms with Crippen molar-refractivity contribution in [3.8, 4) is 0 Å². The van der Waals surface area contributed by atoms with Gasteiger partial charge in [-0.2, -0.15) is 0 Å². The van der Waals surface area contributed by atoms with E-state index in [-0.39, 0.29) is 25.3 Å². The Balaban J connectivity index is 2.06. The molecule has 0 aromatic heterocycles. The second-order valence-corrected chi connectivity index (χ2v) is 7.86. The second-order valence-electron chi connectivity index (χ2n) is 7.86. The van der Waals surface area contributed by atoms with Gasteiger partial charge in [0.1, 0.15) is 6.79 Å². The van der Waals surface area contributed by atoms with E-state index in [1.165, 1.54) is 0 Å². The van der Waals surface area contributed by atoms with Crippen molar-refractivity contribution < 1.29 is 24.3 Å². The number of hydroxylamine groups is 1. The molecule has 0 aliphatic heterocycles. The SMILES string of the molecule is CCOCOCC(CC(Cc1ccccc1)C(=O)NO)NC(=O)C1=CC[C@@H](C)CC1. The van der Waals surface area contributed by atoms with Gasteiger partial charge in [0.05, 0.1) is 12.6 Å². The van der Waals surface area contributed by atoms with E-state index in [0.717, 1.165) is 30.4 Å². The lowest BCUT2D eigenvalue weighted by molar-refractivity contribution is -0.134. The number of nitrogens with one attached hydrogen (secondary N) is 2. The number of allylic oxidation sites excluding steroid dienone is 1. The highest BCUT2D eigenvalue weighted by atomic mass is 16.7. The Labute approximate surface area is 178 Å². The molecule has 0 saturated heterocycles. The molecule has 1 aromatic rings. The van der Waals surface area contributed by atoms with E-state index in [1.54, 1.807) is 5.48 Å². The number of amides is 2. The summed E-state index contributed by atoms with van der Waals surface area (Å²) < 4.78 is 10.8. The van der Waals surface area contributed by atoms with E-state index >= 15 is 0 Å². The zero-order chi connectivity index (χ0) is 21.8. The third kappa shape index (κ3) is 8.26. The average molecular weight is 419 g/mol. The van der Waals surface area contributed by atoms with Gasteiger partial charge in [0, 0.05) is 18.1 Å². The fourth-order valence-electron chi connectivity index (χ4n) is 3.57. The number of carbonyl (C=O) groups is 2. The van der Waals surface area contributed by atoms with Crippen molar-refractivity contribution >= 4 is 11.8 Å². The van der Waals surface area contributed by atoms with Crippen molar-refractivity contribution in [1.29, 1.82) is 0 Å². The van der Waals surface area contributed by atoms with Crippen LogP contribution in [0.1, 0.15) is 45.1 Å². The van der Waals surface area contributed by atoms with Crippen molar-refractivity contribution in [2.75, 3.05) is 20.0 Å². The number of rotatable bonds is 12. The summed E-state index contributed by atoms with van der Waals surface area (Å²) in [6, 6.07) is 9.21. The fraction of sp³-hybridized carbons (Fsp3) is 0.565. The van der Waals surface area contributed by atoms with Crippen molar-refractivity contribution in [3.63, 3.8) is 0 Å². The zero-order valence-electron chi connectivity index (χ0n) is 17.9. The van der Waals surface area contributed by atoms with E-state index in [9.17, 15) is 14.8 Å². The van der Waals surface area contributed by atoms with Crippen LogP contribution in [-0.2, 0) is 25.5 Å². The maximum absolute atomic E-state index is 12.8. The van der Waals surface area contributed by atoms with Crippen molar-refractivity contribution in [2.24, 2.45) is 11.8 Å². The average Bonchev–Trinajstić information content (AvgIpc) is 2.76. The fourth-order valence-corrected chi connectivity index (χ4v) is 3.57. The summed E-state index contributed by atoms with van der Waals surface area (Å²) in [6.07, 6.45) is 5.44. The van der Waals surface area contributed by atoms with E-state index in [0.29, 0.717) is 25.4 Å². The topological polar surface area (TPSA) is 96.9 Å². The molecule has 166 valence electrons. The summed E-state index contributed by atoms with van der Waals surface area (Å²) >= 11 is 0. The molecule has 1 aliphatic carbocycles. The Morgan fingerprint density at radius 2 is 2.00 bits per heavy atom. The smallest absolute Gasteiger partial charge is 0.247 e. The highest BCUT2D eigenvalue weighted by molar-refractivity contribution is 5.93. The van der Waals surface area contributed by atoms with Crippen LogP contribution in [0, 0.1) is 11.8 Å². The van der Waals surface area contributed by atoms with Gasteiger partial charge in [-0.3, -0.25) is 14.8 Å². The first-order valence-corrected chi connectivity index (χ1v) is 10.7. The maximum atomic E-state index is 12.8. The minimum absolute atomic E-state index is 0.116. The summed E-state index contributed by atoms with van der Waals surface area (Å²) in [5.41, 5.74) is 3.53. The lowest BCUT2D eigenvalue weighted by atomic mass is 9.90. The minimum Gasteiger partial charge on any atom is -0.356 e. The predicted octanol–water partition coefficient (Wildman–Crippen LogP) is 2.98. The Kier molecular flexibility index (Phi) is 10.5. The Bertz CT molecular complexity index is 692. The van der Waals surface area contributed by atoms with Gasteiger partial charge in [0.25, 0.3) is 0 Å². The highest BCUT2D eigenvalue weighted by Crippen LogP contribution is 2.23. The Morgan fingerprint density at radius 3 is 2.63 bits per heavy atom. The van der Waals surface area contributed by atoms with Gasteiger partial charge < -0.3 is 14.8 Å². The second kappa shape index (κ2) is 13.2. The number of hydrogen-bond donors (Lipinski definition) is 3. The largest absolute Gasteiger partial charge is 0.356 e. The van der Waals surface area contributed by atoms with Gasteiger partial charge in [-0.05, 0) is 50.5 Å². The molecule has 0 spiro atoms. The van der Waals surface area contributed by atoms with Crippen molar-refractivity contribution in [3.05, 3.63) is 47.5 Å². The number of ether oxygens (including phenoxy) is 2. The molecule has 7 nitrogen and oxygen atoms in total. The molecule has 3 N–H and O–H groups in total. The Morgan fingerprint density at radius 1 is 1.23 bits per heavy atom. The summed E-state index contributed by atoms with van der Waals surface area (Å²) in [5.74, 6) is -0.516. The van der Waals surface area contributed by atoms with Crippen molar-refractivity contribution in [1.82, 2.24) is 10.8 Å². The molecule has 7 heteroatoms. The molecule has 1 aromatic carbocycles. The third-order valence-corrected chi connectivity index (χ3v) is 5.36. The normalized spacial score (nSPS) is 18.2. The van der Waals surface area contributed by atoms with Crippen molar-refractivity contribution in [2.45, 2.75) is 52.0 Å². The third-order valence-electron chi connectivity index (χ3n) is 5.36. The van der Waals surface area contributed by atoms with Gasteiger partial charge in [0.15, 0.2) is 0 Å². The molecule has 1 aliphatic rings. The van der Waals surface area contributed by atoms with Crippen LogP contribution in [0.25, 0.3) is 0 Å². The number of hydrogen-bond acceptors (Lipinski definition) is 5. The van der Waals surface area contributed by atoms with Crippen LogP contribution in [0.15, 0.2) is 42.0 Å². The predicted molar refractivity (Wildman–Crippen MR) is 114 cm³/mol. The Hall–Kier alpha value is -2.22. The van der Waals surface area contributed by atoms with Crippen LogP contribution >= 0.6 is 0 Å². The van der Waals surface area contributed by atoms with E-state index in [2.05, 4.69) is 12.2 Å². The van der Waals surface area contributed by atoms with Crippen LogP contribution in [0.4, 0.5) is 0 Å². The summed E-state index contributed by atoms with van der Waals surface area (Å²) in [7, 11) is 0.